The summed E-state index contributed by atoms with van der Waals surface area (Å²) in [5, 5.41) is 1.03. The van der Waals surface area contributed by atoms with Crippen LogP contribution >= 0.6 is 11.8 Å². The molecule has 104 valence electrons. The summed E-state index contributed by atoms with van der Waals surface area (Å²) in [5.74, 6) is 8.68. The fourth-order valence-corrected chi connectivity index (χ4v) is 3.01. The van der Waals surface area contributed by atoms with E-state index in [1.807, 2.05) is 13.0 Å². The maximum Gasteiger partial charge on any atom is 0.147 e. The fourth-order valence-electron chi connectivity index (χ4n) is 2.04. The minimum Gasteiger partial charge on any atom is -0.308 e. The molecule has 1 heterocycles. The molecule has 0 bridgehead atoms. The third-order valence-corrected chi connectivity index (χ3v) is 4.56. The van der Waals surface area contributed by atoms with Crippen LogP contribution in [0.5, 0.6) is 0 Å². The Hall–Kier alpha value is -1.59. The van der Waals surface area contributed by atoms with Crippen molar-refractivity contribution >= 4 is 17.6 Å². The van der Waals surface area contributed by atoms with Gasteiger partial charge in [-0.25, -0.2) is 15.8 Å². The molecule has 0 amide bonds. The molecule has 1 aromatic carbocycles. The zero-order valence-corrected chi connectivity index (χ0v) is 12.3. The summed E-state index contributed by atoms with van der Waals surface area (Å²) >= 11 is 1.74. The van der Waals surface area contributed by atoms with E-state index >= 15 is 0 Å². The maximum absolute atomic E-state index is 5.57. The second kappa shape index (κ2) is 5.81. The lowest BCUT2D eigenvalue weighted by Crippen LogP contribution is -2.13. The number of hydrogen-bond acceptors (Lipinski definition) is 5. The van der Waals surface area contributed by atoms with Gasteiger partial charge in [0.05, 0.1) is 0 Å². The Kier molecular flexibility index (Phi) is 3.89. The van der Waals surface area contributed by atoms with Crippen LogP contribution in [0.1, 0.15) is 35.7 Å². The topological polar surface area (TPSA) is 63.8 Å². The highest BCUT2D eigenvalue weighted by atomic mass is 32.2. The first-order valence-corrected chi connectivity index (χ1v) is 7.78. The van der Waals surface area contributed by atoms with E-state index in [-0.39, 0.29) is 0 Å². The Labute approximate surface area is 123 Å². The van der Waals surface area contributed by atoms with E-state index in [0.29, 0.717) is 5.92 Å². The lowest BCUT2D eigenvalue weighted by Gasteiger charge is -2.11. The molecular weight excluding hydrogens is 268 g/mol. The monoisotopic (exact) mass is 286 g/mol. The van der Waals surface area contributed by atoms with Gasteiger partial charge in [-0.05, 0) is 25.3 Å². The van der Waals surface area contributed by atoms with Crippen LogP contribution < -0.4 is 11.3 Å². The van der Waals surface area contributed by atoms with Crippen LogP contribution in [-0.4, -0.2) is 9.97 Å². The number of rotatable bonds is 5. The van der Waals surface area contributed by atoms with E-state index in [9.17, 15) is 0 Å². The molecule has 5 heteroatoms. The molecule has 20 heavy (non-hydrogen) atoms. The number of hydrazine groups is 1. The van der Waals surface area contributed by atoms with Crippen molar-refractivity contribution in [3.05, 3.63) is 47.3 Å². The van der Waals surface area contributed by atoms with E-state index in [2.05, 4.69) is 34.7 Å². The van der Waals surface area contributed by atoms with Gasteiger partial charge in [-0.15, -0.1) is 11.8 Å². The average molecular weight is 286 g/mol. The lowest BCUT2D eigenvalue weighted by atomic mass is 10.2. The fraction of sp³-hybridized carbons (Fsp3) is 0.333. The molecule has 2 aromatic rings. The molecule has 0 spiro atoms. The van der Waals surface area contributed by atoms with Crippen molar-refractivity contribution in [2.75, 3.05) is 5.43 Å². The first kappa shape index (κ1) is 13.4. The van der Waals surface area contributed by atoms with Gasteiger partial charge >= 0.3 is 0 Å². The summed E-state index contributed by atoms with van der Waals surface area (Å²) < 4.78 is 0. The van der Waals surface area contributed by atoms with E-state index in [0.717, 1.165) is 28.0 Å². The molecule has 4 nitrogen and oxygen atoms in total. The third-order valence-electron chi connectivity index (χ3n) is 3.42. The van der Waals surface area contributed by atoms with Crippen LogP contribution in [0.3, 0.4) is 0 Å². The van der Waals surface area contributed by atoms with E-state index < -0.39 is 0 Å². The van der Waals surface area contributed by atoms with Crippen molar-refractivity contribution in [3.63, 3.8) is 0 Å². The summed E-state index contributed by atoms with van der Waals surface area (Å²) in [4.78, 5) is 9.22. The Morgan fingerprint density at radius 2 is 2.00 bits per heavy atom. The summed E-state index contributed by atoms with van der Waals surface area (Å²) in [6.45, 7) is 2.01. The summed E-state index contributed by atoms with van der Waals surface area (Å²) in [6.07, 6.45) is 2.38. The highest BCUT2D eigenvalue weighted by Gasteiger charge is 2.28. The molecule has 0 aliphatic heterocycles. The average Bonchev–Trinajstić information content (AvgIpc) is 3.32. The molecule has 0 radical (unpaired) electrons. The third kappa shape index (κ3) is 2.94. The van der Waals surface area contributed by atoms with Crippen molar-refractivity contribution in [2.45, 2.75) is 36.5 Å². The Morgan fingerprint density at radius 3 is 2.65 bits per heavy atom. The van der Waals surface area contributed by atoms with Gasteiger partial charge in [-0.2, -0.15) is 0 Å². The molecule has 0 saturated heterocycles. The molecular formula is C15H18N4S. The highest BCUT2D eigenvalue weighted by Crippen LogP contribution is 2.40. The van der Waals surface area contributed by atoms with Gasteiger partial charge in [0.25, 0.3) is 0 Å². The zero-order valence-electron chi connectivity index (χ0n) is 11.5. The molecule has 1 aliphatic carbocycles. The van der Waals surface area contributed by atoms with Crippen LogP contribution in [0, 0.1) is 6.92 Å². The molecule has 1 saturated carbocycles. The van der Waals surface area contributed by atoms with Crippen molar-refractivity contribution in [3.8, 4) is 0 Å². The van der Waals surface area contributed by atoms with E-state index in [1.54, 1.807) is 11.8 Å². The van der Waals surface area contributed by atoms with E-state index in [1.165, 1.54) is 18.4 Å². The maximum atomic E-state index is 5.57. The number of nitrogens with one attached hydrogen (secondary N) is 1. The number of nitrogen functional groups attached to an aromatic ring is 1. The molecule has 3 N–H and O–H groups in total. The highest BCUT2D eigenvalue weighted by molar-refractivity contribution is 7.98. The minimum absolute atomic E-state index is 0.527. The first-order chi connectivity index (χ1) is 9.78. The summed E-state index contributed by atoms with van der Waals surface area (Å²) in [5.41, 5.74) is 5.02. The first-order valence-electron chi connectivity index (χ1n) is 6.80. The number of anilines is 1. The van der Waals surface area contributed by atoms with Gasteiger partial charge in [0.1, 0.15) is 16.7 Å². The second-order valence-electron chi connectivity index (χ2n) is 5.05. The Bertz CT molecular complexity index is 596. The smallest absolute Gasteiger partial charge is 0.147 e. The normalized spacial score (nSPS) is 14.3. The van der Waals surface area contributed by atoms with Gasteiger partial charge in [0.15, 0.2) is 0 Å². The molecule has 3 rings (SSSR count). The Morgan fingerprint density at radius 1 is 1.25 bits per heavy atom. The molecule has 1 fully saturated rings. The van der Waals surface area contributed by atoms with Gasteiger partial charge < -0.3 is 5.43 Å². The lowest BCUT2D eigenvalue weighted by molar-refractivity contribution is 0.862. The number of thioether (sulfide) groups is 1. The van der Waals surface area contributed by atoms with Crippen molar-refractivity contribution < 1.29 is 0 Å². The Balaban J connectivity index is 1.82. The van der Waals surface area contributed by atoms with Gasteiger partial charge in [0.2, 0.25) is 0 Å². The largest absolute Gasteiger partial charge is 0.308 e. The van der Waals surface area contributed by atoms with Gasteiger partial charge in [-0.3, -0.25) is 0 Å². The SMILES string of the molecule is Cc1c(NN)nc(C2CC2)nc1SCc1ccccc1. The second-order valence-corrected chi connectivity index (χ2v) is 6.02. The molecule has 1 aromatic heterocycles. The van der Waals surface area contributed by atoms with E-state index in [4.69, 9.17) is 10.8 Å². The molecule has 0 unspecified atom stereocenters. The van der Waals surface area contributed by atoms with Gasteiger partial charge in [0, 0.05) is 17.2 Å². The number of benzene rings is 1. The number of nitrogens with two attached hydrogens (primary N) is 1. The quantitative estimate of drug-likeness (QED) is 0.382. The van der Waals surface area contributed by atoms with Crippen LogP contribution in [0.25, 0.3) is 0 Å². The van der Waals surface area contributed by atoms with Crippen LogP contribution in [0.4, 0.5) is 5.82 Å². The van der Waals surface area contributed by atoms with Crippen LogP contribution in [-0.2, 0) is 5.75 Å². The van der Waals surface area contributed by atoms with Crippen molar-refractivity contribution in [2.24, 2.45) is 5.84 Å². The van der Waals surface area contributed by atoms with Crippen molar-refractivity contribution in [1.82, 2.24) is 9.97 Å². The zero-order chi connectivity index (χ0) is 13.9. The number of hydrogen-bond donors (Lipinski definition) is 2. The van der Waals surface area contributed by atoms with Crippen LogP contribution in [0.15, 0.2) is 35.4 Å². The molecule has 1 aliphatic rings. The standard InChI is InChI=1S/C15H18N4S/c1-10-13(19-16)17-14(12-7-8-12)18-15(10)20-9-11-5-3-2-4-6-11/h2-6,12H,7-9,16H2,1H3,(H,17,18,19). The van der Waals surface area contributed by atoms with Crippen LogP contribution in [0.2, 0.25) is 0 Å². The number of nitrogens with zero attached hydrogens (tertiary/aromatic N) is 2. The van der Waals surface area contributed by atoms with Gasteiger partial charge in [-0.1, -0.05) is 30.3 Å². The minimum atomic E-state index is 0.527. The summed E-state index contributed by atoms with van der Waals surface area (Å²) in [7, 11) is 0. The predicted molar refractivity (Wildman–Crippen MR) is 82.6 cm³/mol. The predicted octanol–water partition coefficient (Wildman–Crippen LogP) is 3.24. The number of aromatic nitrogens is 2. The molecule has 0 atom stereocenters. The summed E-state index contributed by atoms with van der Waals surface area (Å²) in [6, 6.07) is 10.4. The van der Waals surface area contributed by atoms with Crippen molar-refractivity contribution in [1.29, 1.82) is 0 Å².